The summed E-state index contributed by atoms with van der Waals surface area (Å²) in [5, 5.41) is 8.87. The molecule has 0 bridgehead atoms. The number of carboxylic acids is 1. The second-order valence-electron chi connectivity index (χ2n) is 5.95. The molecular weight excluding hydrogens is 257 g/mol. The lowest BCUT2D eigenvalue weighted by atomic mass is 9.77. The second-order valence-corrected chi connectivity index (χ2v) is 5.95. The number of aromatic nitrogens is 1. The molecule has 112 valence electrons. The van der Waals surface area contributed by atoms with E-state index in [1.54, 1.807) is 6.20 Å². The Kier molecular flexibility index (Phi) is 5.21. The van der Waals surface area contributed by atoms with E-state index in [1.165, 1.54) is 25.7 Å². The van der Waals surface area contributed by atoms with Gasteiger partial charge in [-0.25, -0.2) is 9.18 Å². The van der Waals surface area contributed by atoms with Crippen LogP contribution in [0.3, 0.4) is 0 Å². The number of halogens is 1. The van der Waals surface area contributed by atoms with Crippen molar-refractivity contribution in [2.75, 3.05) is 0 Å². The van der Waals surface area contributed by atoms with Gasteiger partial charge in [-0.15, -0.1) is 0 Å². The fourth-order valence-corrected chi connectivity index (χ4v) is 3.32. The smallest absolute Gasteiger partial charge is 0.355 e. The van der Waals surface area contributed by atoms with Crippen molar-refractivity contribution in [1.29, 1.82) is 0 Å². The van der Waals surface area contributed by atoms with Crippen LogP contribution >= 0.6 is 0 Å². The number of aromatic carboxylic acids is 1. The summed E-state index contributed by atoms with van der Waals surface area (Å²) < 4.78 is 14.0. The fraction of sp³-hybridized carbons (Fsp3) is 0.688. The monoisotopic (exact) mass is 281 g/mol. The zero-order valence-corrected chi connectivity index (χ0v) is 12.1. The summed E-state index contributed by atoms with van der Waals surface area (Å²) in [7, 11) is 0. The number of hydrogen-bond acceptors (Lipinski definition) is 1. The van der Waals surface area contributed by atoms with Gasteiger partial charge in [-0.2, -0.15) is 0 Å². The summed E-state index contributed by atoms with van der Waals surface area (Å²) in [5.74, 6) is -0.825. The van der Waals surface area contributed by atoms with E-state index in [2.05, 4.69) is 11.9 Å². The molecular formula is C16H24FNO2. The molecule has 0 unspecified atom stereocenters. The Hall–Kier alpha value is -1.32. The number of carboxylic acid groups (broad SMARTS) is 1. The maximum Gasteiger partial charge on any atom is 0.355 e. The number of carbonyl (C=O) groups is 1. The molecule has 0 aromatic carbocycles. The minimum Gasteiger partial charge on any atom is -0.476 e. The highest BCUT2D eigenvalue weighted by molar-refractivity contribution is 5.86. The SMILES string of the molecule is CCCCC[C@H]1CC[C@H](c2c[nH]c(C(=O)O)c2F)CC1. The van der Waals surface area contributed by atoms with E-state index in [1.807, 2.05) is 0 Å². The number of hydrogen-bond donors (Lipinski definition) is 2. The Bertz CT molecular complexity index is 447. The van der Waals surface area contributed by atoms with Gasteiger partial charge in [0.1, 0.15) is 0 Å². The van der Waals surface area contributed by atoms with Crippen molar-refractivity contribution in [2.45, 2.75) is 64.2 Å². The van der Waals surface area contributed by atoms with Crippen LogP contribution in [0.5, 0.6) is 0 Å². The van der Waals surface area contributed by atoms with Gasteiger partial charge >= 0.3 is 5.97 Å². The van der Waals surface area contributed by atoms with Crippen LogP contribution in [-0.4, -0.2) is 16.1 Å². The van der Waals surface area contributed by atoms with Gasteiger partial charge in [0.05, 0.1) is 0 Å². The molecule has 1 saturated carbocycles. The molecule has 0 atom stereocenters. The van der Waals surface area contributed by atoms with Crippen molar-refractivity contribution in [3.8, 4) is 0 Å². The van der Waals surface area contributed by atoms with E-state index >= 15 is 0 Å². The van der Waals surface area contributed by atoms with Gasteiger partial charge in [-0.3, -0.25) is 0 Å². The van der Waals surface area contributed by atoms with Crippen molar-refractivity contribution in [1.82, 2.24) is 4.98 Å². The van der Waals surface area contributed by atoms with Gasteiger partial charge in [0.15, 0.2) is 11.5 Å². The first-order valence-electron chi connectivity index (χ1n) is 7.73. The Morgan fingerprint density at radius 2 is 2.05 bits per heavy atom. The number of nitrogens with one attached hydrogen (secondary N) is 1. The first kappa shape index (κ1) is 15.1. The largest absolute Gasteiger partial charge is 0.476 e. The highest BCUT2D eigenvalue weighted by Gasteiger charge is 2.27. The van der Waals surface area contributed by atoms with E-state index < -0.39 is 11.8 Å². The third-order valence-electron chi connectivity index (χ3n) is 4.56. The van der Waals surface area contributed by atoms with Gasteiger partial charge < -0.3 is 10.1 Å². The van der Waals surface area contributed by atoms with E-state index in [0.717, 1.165) is 31.6 Å². The lowest BCUT2D eigenvalue weighted by molar-refractivity contribution is 0.0686. The predicted molar refractivity (Wildman–Crippen MR) is 76.6 cm³/mol. The van der Waals surface area contributed by atoms with Gasteiger partial charge in [0.25, 0.3) is 0 Å². The molecule has 1 aromatic rings. The zero-order valence-electron chi connectivity index (χ0n) is 12.1. The maximum atomic E-state index is 14.0. The Labute approximate surface area is 119 Å². The molecule has 1 aliphatic rings. The number of rotatable bonds is 6. The lowest BCUT2D eigenvalue weighted by Gasteiger charge is -2.28. The molecule has 20 heavy (non-hydrogen) atoms. The zero-order chi connectivity index (χ0) is 14.5. The Balaban J connectivity index is 1.89. The van der Waals surface area contributed by atoms with Crippen LogP contribution in [0.25, 0.3) is 0 Å². The van der Waals surface area contributed by atoms with E-state index in [9.17, 15) is 9.18 Å². The Morgan fingerprint density at radius 3 is 2.60 bits per heavy atom. The van der Waals surface area contributed by atoms with E-state index in [-0.39, 0.29) is 11.6 Å². The normalized spacial score (nSPS) is 22.9. The fourth-order valence-electron chi connectivity index (χ4n) is 3.32. The third kappa shape index (κ3) is 3.41. The van der Waals surface area contributed by atoms with Crippen molar-refractivity contribution in [2.24, 2.45) is 5.92 Å². The molecule has 2 rings (SSSR count). The maximum absolute atomic E-state index is 14.0. The molecule has 3 nitrogen and oxygen atoms in total. The molecule has 0 amide bonds. The Morgan fingerprint density at radius 1 is 1.35 bits per heavy atom. The molecule has 0 saturated heterocycles. The topological polar surface area (TPSA) is 53.1 Å². The predicted octanol–water partition coefficient (Wildman–Crippen LogP) is 4.71. The van der Waals surface area contributed by atoms with Crippen LogP contribution in [0.15, 0.2) is 6.20 Å². The average molecular weight is 281 g/mol. The van der Waals surface area contributed by atoms with Crippen LogP contribution in [-0.2, 0) is 0 Å². The lowest BCUT2D eigenvalue weighted by Crippen LogP contribution is -2.14. The van der Waals surface area contributed by atoms with Crippen molar-refractivity contribution in [3.05, 3.63) is 23.3 Å². The van der Waals surface area contributed by atoms with Gasteiger partial charge in [-0.05, 0) is 37.5 Å². The van der Waals surface area contributed by atoms with Crippen molar-refractivity contribution >= 4 is 5.97 Å². The average Bonchev–Trinajstić information content (AvgIpc) is 2.82. The molecule has 0 radical (unpaired) electrons. The minimum absolute atomic E-state index is 0.182. The van der Waals surface area contributed by atoms with Gasteiger partial charge in [0.2, 0.25) is 0 Å². The molecule has 0 aliphatic heterocycles. The first-order valence-corrected chi connectivity index (χ1v) is 7.73. The van der Waals surface area contributed by atoms with Crippen molar-refractivity contribution < 1.29 is 14.3 Å². The van der Waals surface area contributed by atoms with Gasteiger partial charge in [-0.1, -0.05) is 32.6 Å². The third-order valence-corrected chi connectivity index (χ3v) is 4.56. The summed E-state index contributed by atoms with van der Waals surface area (Å²) >= 11 is 0. The van der Waals surface area contributed by atoms with Crippen molar-refractivity contribution in [3.63, 3.8) is 0 Å². The van der Waals surface area contributed by atoms with Crippen LogP contribution in [0.1, 0.15) is 80.3 Å². The molecule has 1 aromatic heterocycles. The standard InChI is InChI=1S/C16H24FNO2/c1-2-3-4-5-11-6-8-12(9-7-11)13-10-18-15(14(13)17)16(19)20/h10-12,18H,2-9H2,1H3,(H,19,20)/t11-,12-. The quantitative estimate of drug-likeness (QED) is 0.742. The van der Waals surface area contributed by atoms with Crippen LogP contribution in [0.4, 0.5) is 4.39 Å². The van der Waals surface area contributed by atoms with Crippen LogP contribution < -0.4 is 0 Å². The molecule has 1 aliphatic carbocycles. The highest BCUT2D eigenvalue weighted by Crippen LogP contribution is 2.39. The summed E-state index contributed by atoms with van der Waals surface area (Å²) in [4.78, 5) is 13.4. The van der Waals surface area contributed by atoms with Gasteiger partial charge in [0, 0.05) is 11.8 Å². The summed E-state index contributed by atoms with van der Waals surface area (Å²) in [6, 6.07) is 0. The summed E-state index contributed by atoms with van der Waals surface area (Å²) in [6.07, 6.45) is 10.9. The second kappa shape index (κ2) is 6.91. The molecule has 2 N–H and O–H groups in total. The molecule has 1 fully saturated rings. The molecule has 4 heteroatoms. The van der Waals surface area contributed by atoms with Crippen LogP contribution in [0, 0.1) is 11.7 Å². The molecule has 1 heterocycles. The number of H-pyrrole nitrogens is 1. The summed E-state index contributed by atoms with van der Waals surface area (Å²) in [6.45, 7) is 2.21. The number of aromatic amines is 1. The highest BCUT2D eigenvalue weighted by atomic mass is 19.1. The van der Waals surface area contributed by atoms with E-state index in [0.29, 0.717) is 5.56 Å². The number of unbranched alkanes of at least 4 members (excludes halogenated alkanes) is 2. The van der Waals surface area contributed by atoms with E-state index in [4.69, 9.17) is 5.11 Å². The first-order chi connectivity index (χ1) is 9.63. The molecule has 0 spiro atoms. The minimum atomic E-state index is -1.22. The van der Waals surface area contributed by atoms with Crippen LogP contribution in [0.2, 0.25) is 0 Å². The summed E-state index contributed by atoms with van der Waals surface area (Å²) in [5.41, 5.74) is 0.263.